The lowest BCUT2D eigenvalue weighted by molar-refractivity contribution is 0.457. The molecule has 0 aromatic carbocycles. The highest BCUT2D eigenvalue weighted by Crippen LogP contribution is 2.63. The van der Waals surface area contributed by atoms with Crippen LogP contribution in [-0.2, 0) is 0 Å². The molecule has 2 rings (SSSR count). The lowest BCUT2D eigenvalue weighted by Crippen LogP contribution is -2.12. The molecule has 0 radical (unpaired) electrons. The van der Waals surface area contributed by atoms with Gasteiger partial charge in [-0.3, -0.25) is 0 Å². The summed E-state index contributed by atoms with van der Waals surface area (Å²) in [6.07, 6.45) is 1.71. The van der Waals surface area contributed by atoms with Crippen molar-refractivity contribution < 1.29 is 0 Å². The van der Waals surface area contributed by atoms with E-state index >= 15 is 0 Å². The Hall–Kier alpha value is -1.25. The second kappa shape index (κ2) is 3.12. The maximum atomic E-state index is 5.69. The number of nitrogens with zero attached hydrogens (tertiary/aromatic N) is 1. The first-order valence-corrected chi connectivity index (χ1v) is 5.75. The van der Waals surface area contributed by atoms with Gasteiger partial charge in [0.1, 0.15) is 5.82 Å². The maximum absolute atomic E-state index is 5.69. The SMILES string of the molecule is Cc1cc(N)cnc1NC1C(C)(C)C1(C)C. The van der Waals surface area contributed by atoms with E-state index in [9.17, 15) is 0 Å². The molecule has 3 nitrogen and oxygen atoms in total. The lowest BCUT2D eigenvalue weighted by Gasteiger charge is -2.10. The van der Waals surface area contributed by atoms with Crippen molar-refractivity contribution in [3.63, 3.8) is 0 Å². The average molecular weight is 219 g/mol. The molecule has 1 aliphatic rings. The van der Waals surface area contributed by atoms with Crippen molar-refractivity contribution in [3.05, 3.63) is 17.8 Å². The molecule has 0 atom stereocenters. The van der Waals surface area contributed by atoms with Crippen LogP contribution in [0.25, 0.3) is 0 Å². The smallest absolute Gasteiger partial charge is 0.129 e. The van der Waals surface area contributed by atoms with E-state index in [4.69, 9.17) is 5.73 Å². The first-order chi connectivity index (χ1) is 7.26. The fraction of sp³-hybridized carbons (Fsp3) is 0.615. The summed E-state index contributed by atoms with van der Waals surface area (Å²) < 4.78 is 0. The van der Waals surface area contributed by atoms with Gasteiger partial charge in [0.15, 0.2) is 0 Å². The Morgan fingerprint density at radius 2 is 1.81 bits per heavy atom. The van der Waals surface area contributed by atoms with Gasteiger partial charge in [-0.1, -0.05) is 27.7 Å². The summed E-state index contributed by atoms with van der Waals surface area (Å²) in [6, 6.07) is 2.44. The topological polar surface area (TPSA) is 50.9 Å². The summed E-state index contributed by atoms with van der Waals surface area (Å²) in [5, 5.41) is 3.53. The molecule has 0 saturated heterocycles. The van der Waals surface area contributed by atoms with Gasteiger partial charge < -0.3 is 11.1 Å². The molecule has 1 aliphatic carbocycles. The van der Waals surface area contributed by atoms with Gasteiger partial charge in [0, 0.05) is 6.04 Å². The van der Waals surface area contributed by atoms with Gasteiger partial charge in [0.2, 0.25) is 0 Å². The minimum Gasteiger partial charge on any atom is -0.397 e. The van der Waals surface area contributed by atoms with Gasteiger partial charge in [-0.05, 0) is 29.4 Å². The quantitative estimate of drug-likeness (QED) is 0.804. The van der Waals surface area contributed by atoms with E-state index in [1.54, 1.807) is 6.20 Å². The van der Waals surface area contributed by atoms with Crippen LogP contribution < -0.4 is 11.1 Å². The third kappa shape index (κ3) is 1.46. The van der Waals surface area contributed by atoms with Crippen LogP contribution in [0.1, 0.15) is 33.3 Å². The molecule has 0 spiro atoms. The normalized spacial score (nSPS) is 21.8. The van der Waals surface area contributed by atoms with Crippen molar-refractivity contribution in [1.82, 2.24) is 4.98 Å². The second-order valence-electron chi connectivity index (χ2n) is 5.95. The molecular formula is C13H21N3. The summed E-state index contributed by atoms with van der Waals surface area (Å²) in [6.45, 7) is 11.2. The molecule has 0 aliphatic heterocycles. The Kier molecular flexibility index (Phi) is 2.19. The van der Waals surface area contributed by atoms with Crippen molar-refractivity contribution >= 4 is 11.5 Å². The zero-order valence-electron chi connectivity index (χ0n) is 10.8. The Bertz CT molecular complexity index is 407. The fourth-order valence-corrected chi connectivity index (χ4v) is 2.44. The van der Waals surface area contributed by atoms with Crippen LogP contribution in [-0.4, -0.2) is 11.0 Å². The van der Waals surface area contributed by atoms with Crippen LogP contribution in [0.2, 0.25) is 0 Å². The number of aromatic nitrogens is 1. The molecule has 1 aromatic rings. The van der Waals surface area contributed by atoms with Crippen LogP contribution in [0, 0.1) is 17.8 Å². The van der Waals surface area contributed by atoms with Gasteiger partial charge >= 0.3 is 0 Å². The van der Waals surface area contributed by atoms with E-state index in [1.807, 2.05) is 13.0 Å². The predicted molar refractivity (Wildman–Crippen MR) is 68.4 cm³/mol. The first kappa shape index (κ1) is 11.2. The molecule has 0 unspecified atom stereocenters. The summed E-state index contributed by atoms with van der Waals surface area (Å²) in [4.78, 5) is 4.35. The number of hydrogen-bond acceptors (Lipinski definition) is 3. The number of rotatable bonds is 2. The summed E-state index contributed by atoms with van der Waals surface area (Å²) >= 11 is 0. The van der Waals surface area contributed by atoms with Crippen LogP contribution >= 0.6 is 0 Å². The molecule has 16 heavy (non-hydrogen) atoms. The number of nitrogens with one attached hydrogen (secondary N) is 1. The first-order valence-electron chi connectivity index (χ1n) is 5.75. The highest BCUT2D eigenvalue weighted by Gasteiger charge is 2.65. The fourth-order valence-electron chi connectivity index (χ4n) is 2.44. The highest BCUT2D eigenvalue weighted by molar-refractivity contribution is 5.53. The molecule has 1 fully saturated rings. The van der Waals surface area contributed by atoms with Gasteiger partial charge in [-0.25, -0.2) is 4.98 Å². The molecule has 88 valence electrons. The number of pyridine rings is 1. The summed E-state index contributed by atoms with van der Waals surface area (Å²) in [7, 11) is 0. The minimum absolute atomic E-state index is 0.322. The highest BCUT2D eigenvalue weighted by atomic mass is 15.1. The summed E-state index contributed by atoms with van der Waals surface area (Å²) in [5.41, 5.74) is 8.16. The molecule has 0 bridgehead atoms. The average Bonchev–Trinajstić information content (AvgIpc) is 2.52. The van der Waals surface area contributed by atoms with Crippen LogP contribution in [0.15, 0.2) is 12.3 Å². The Labute approximate surface area is 97.5 Å². The zero-order chi connectivity index (χ0) is 12.1. The van der Waals surface area contributed by atoms with Gasteiger partial charge in [0.25, 0.3) is 0 Å². The van der Waals surface area contributed by atoms with Gasteiger partial charge in [0.05, 0.1) is 11.9 Å². The summed E-state index contributed by atoms with van der Waals surface area (Å²) in [5.74, 6) is 0.956. The molecule has 3 N–H and O–H groups in total. The van der Waals surface area contributed by atoms with E-state index in [0.717, 1.165) is 17.1 Å². The molecular weight excluding hydrogens is 198 g/mol. The van der Waals surface area contributed by atoms with E-state index in [1.165, 1.54) is 0 Å². The Balaban J connectivity index is 2.18. The minimum atomic E-state index is 0.322. The van der Waals surface area contributed by atoms with Crippen molar-refractivity contribution in [2.45, 2.75) is 40.7 Å². The zero-order valence-corrected chi connectivity index (χ0v) is 10.8. The second-order valence-corrected chi connectivity index (χ2v) is 5.95. The van der Waals surface area contributed by atoms with E-state index in [0.29, 0.717) is 16.9 Å². The van der Waals surface area contributed by atoms with Crippen molar-refractivity contribution in [3.8, 4) is 0 Å². The van der Waals surface area contributed by atoms with Crippen molar-refractivity contribution in [2.24, 2.45) is 10.8 Å². The van der Waals surface area contributed by atoms with Gasteiger partial charge in [-0.15, -0.1) is 0 Å². The largest absolute Gasteiger partial charge is 0.397 e. The number of aryl methyl sites for hydroxylation is 1. The lowest BCUT2D eigenvalue weighted by atomic mass is 10.0. The van der Waals surface area contributed by atoms with E-state index < -0.39 is 0 Å². The number of hydrogen-bond donors (Lipinski definition) is 2. The van der Waals surface area contributed by atoms with Crippen molar-refractivity contribution in [1.29, 1.82) is 0 Å². The molecule has 1 heterocycles. The van der Waals surface area contributed by atoms with Crippen LogP contribution in [0.4, 0.5) is 11.5 Å². The number of anilines is 2. The standard InChI is InChI=1S/C13H21N3/c1-8-6-9(14)7-15-10(8)16-11-12(2,3)13(11,4)5/h6-7,11H,14H2,1-5H3,(H,15,16). The molecule has 3 heteroatoms. The van der Waals surface area contributed by atoms with E-state index in [2.05, 4.69) is 38.0 Å². The van der Waals surface area contributed by atoms with Crippen molar-refractivity contribution in [2.75, 3.05) is 11.1 Å². The number of nitrogens with two attached hydrogens (primary N) is 1. The third-order valence-corrected chi connectivity index (χ3v) is 4.40. The van der Waals surface area contributed by atoms with Crippen LogP contribution in [0.3, 0.4) is 0 Å². The van der Waals surface area contributed by atoms with E-state index in [-0.39, 0.29) is 0 Å². The molecule has 0 amide bonds. The number of nitrogen functional groups attached to an aromatic ring is 1. The molecule has 1 saturated carbocycles. The van der Waals surface area contributed by atoms with Gasteiger partial charge in [-0.2, -0.15) is 0 Å². The molecule has 1 aromatic heterocycles. The third-order valence-electron chi connectivity index (χ3n) is 4.40. The van der Waals surface area contributed by atoms with Crippen LogP contribution in [0.5, 0.6) is 0 Å². The monoisotopic (exact) mass is 219 g/mol. The Morgan fingerprint density at radius 1 is 1.25 bits per heavy atom. The Morgan fingerprint density at radius 3 is 2.25 bits per heavy atom. The predicted octanol–water partition coefficient (Wildman–Crippen LogP) is 2.82. The maximum Gasteiger partial charge on any atom is 0.129 e.